The quantitative estimate of drug-likeness (QED) is 0.660. The normalized spacial score (nSPS) is 12.8. The summed E-state index contributed by atoms with van der Waals surface area (Å²) in [6, 6.07) is 5.00. The Labute approximate surface area is 125 Å². The predicted octanol–water partition coefficient (Wildman–Crippen LogP) is 1.37. The number of aromatic hydroxyl groups is 2. The molecule has 0 saturated carbocycles. The second kappa shape index (κ2) is 4.85. The van der Waals surface area contributed by atoms with E-state index in [9.17, 15) is 24.9 Å². The molecule has 0 radical (unpaired) electrons. The third kappa shape index (κ3) is 1.85. The zero-order valence-electron chi connectivity index (χ0n) is 11.6. The molecule has 3 rings (SSSR count). The molecule has 0 amide bonds. The number of hydrogen-bond acceptors (Lipinski definition) is 6. The van der Waals surface area contributed by atoms with Crippen molar-refractivity contribution in [3.63, 3.8) is 0 Å². The van der Waals surface area contributed by atoms with Crippen LogP contribution in [0.5, 0.6) is 17.2 Å². The van der Waals surface area contributed by atoms with Crippen molar-refractivity contribution in [3.05, 3.63) is 52.1 Å². The van der Waals surface area contributed by atoms with Gasteiger partial charge in [-0.3, -0.25) is 9.59 Å². The molecule has 0 heterocycles. The fourth-order valence-electron chi connectivity index (χ4n) is 2.64. The van der Waals surface area contributed by atoms with E-state index in [1.165, 1.54) is 31.4 Å². The number of rotatable bonds is 2. The van der Waals surface area contributed by atoms with Crippen molar-refractivity contribution in [1.82, 2.24) is 0 Å². The maximum atomic E-state index is 12.7. The maximum absolute atomic E-state index is 12.7. The van der Waals surface area contributed by atoms with E-state index in [-0.39, 0.29) is 46.1 Å². The Kier molecular flexibility index (Phi) is 3.11. The number of ether oxygens (including phenoxy) is 1. The summed E-state index contributed by atoms with van der Waals surface area (Å²) in [7, 11) is 1.32. The van der Waals surface area contributed by atoms with E-state index < -0.39 is 11.6 Å². The summed E-state index contributed by atoms with van der Waals surface area (Å²) in [6.07, 6.45) is 0. The Morgan fingerprint density at radius 3 is 2.23 bits per heavy atom. The highest BCUT2D eigenvalue weighted by atomic mass is 16.5. The number of carbonyl (C=O) groups excluding carboxylic acids is 2. The summed E-state index contributed by atoms with van der Waals surface area (Å²) in [5.41, 5.74) is 0.195. The standard InChI is InChI=1S/C16H12O6/c1-22-12-5-8(18)4-10-14(12)16(21)9-2-7(6-17)3-11(19)13(9)15(10)20/h2-5,17-19H,6H2,1H3. The van der Waals surface area contributed by atoms with Gasteiger partial charge in [0.15, 0.2) is 11.6 Å². The highest BCUT2D eigenvalue weighted by Gasteiger charge is 2.35. The van der Waals surface area contributed by atoms with Crippen molar-refractivity contribution in [2.24, 2.45) is 0 Å². The van der Waals surface area contributed by atoms with E-state index in [1.54, 1.807) is 0 Å². The zero-order chi connectivity index (χ0) is 16.0. The van der Waals surface area contributed by atoms with Crippen LogP contribution in [0.15, 0.2) is 24.3 Å². The van der Waals surface area contributed by atoms with Gasteiger partial charge in [-0.15, -0.1) is 0 Å². The number of fused-ring (bicyclic) bond motifs is 2. The molecule has 112 valence electrons. The fraction of sp³-hybridized carbons (Fsp3) is 0.125. The van der Waals surface area contributed by atoms with Gasteiger partial charge < -0.3 is 20.1 Å². The fourth-order valence-corrected chi connectivity index (χ4v) is 2.64. The third-order valence-corrected chi connectivity index (χ3v) is 3.61. The van der Waals surface area contributed by atoms with Crippen molar-refractivity contribution < 1.29 is 29.6 Å². The van der Waals surface area contributed by atoms with Gasteiger partial charge in [0.25, 0.3) is 0 Å². The van der Waals surface area contributed by atoms with Crippen LogP contribution in [0, 0.1) is 0 Å². The molecule has 2 aromatic rings. The van der Waals surface area contributed by atoms with Gasteiger partial charge in [0, 0.05) is 17.2 Å². The average molecular weight is 300 g/mol. The van der Waals surface area contributed by atoms with Crippen LogP contribution < -0.4 is 4.74 Å². The lowest BCUT2D eigenvalue weighted by Gasteiger charge is -2.21. The Morgan fingerprint density at radius 2 is 1.59 bits per heavy atom. The van der Waals surface area contributed by atoms with E-state index in [2.05, 4.69) is 0 Å². The van der Waals surface area contributed by atoms with E-state index in [4.69, 9.17) is 4.74 Å². The van der Waals surface area contributed by atoms with Gasteiger partial charge >= 0.3 is 0 Å². The molecule has 0 aromatic heterocycles. The van der Waals surface area contributed by atoms with Crippen molar-refractivity contribution in [3.8, 4) is 17.2 Å². The molecule has 0 fully saturated rings. The third-order valence-electron chi connectivity index (χ3n) is 3.61. The number of carbonyl (C=O) groups is 2. The maximum Gasteiger partial charge on any atom is 0.198 e. The van der Waals surface area contributed by atoms with Gasteiger partial charge in [-0.05, 0) is 23.8 Å². The van der Waals surface area contributed by atoms with Crippen LogP contribution in [-0.2, 0) is 6.61 Å². The van der Waals surface area contributed by atoms with Gasteiger partial charge in [0.05, 0.1) is 24.8 Å². The molecule has 1 aliphatic carbocycles. The average Bonchev–Trinajstić information content (AvgIpc) is 2.50. The zero-order valence-corrected chi connectivity index (χ0v) is 11.6. The second-order valence-corrected chi connectivity index (χ2v) is 4.92. The summed E-state index contributed by atoms with van der Waals surface area (Å²) in [6.45, 7) is -0.373. The molecule has 0 unspecified atom stereocenters. The summed E-state index contributed by atoms with van der Waals surface area (Å²) >= 11 is 0. The Bertz CT molecular complexity index is 822. The topological polar surface area (TPSA) is 104 Å². The molecule has 0 aliphatic heterocycles. The molecule has 1 aliphatic rings. The van der Waals surface area contributed by atoms with Gasteiger partial charge in [0.1, 0.15) is 17.2 Å². The van der Waals surface area contributed by atoms with Crippen molar-refractivity contribution in [1.29, 1.82) is 0 Å². The lowest BCUT2D eigenvalue weighted by molar-refractivity contribution is 0.0973. The predicted molar refractivity (Wildman–Crippen MR) is 75.6 cm³/mol. The number of methoxy groups -OCH3 is 1. The smallest absolute Gasteiger partial charge is 0.198 e. The number of phenolic OH excluding ortho intramolecular Hbond substituents is 2. The van der Waals surface area contributed by atoms with E-state index in [0.717, 1.165) is 0 Å². The monoisotopic (exact) mass is 300 g/mol. The molecule has 0 atom stereocenters. The number of hydrogen-bond donors (Lipinski definition) is 3. The highest BCUT2D eigenvalue weighted by Crippen LogP contribution is 2.39. The van der Waals surface area contributed by atoms with Crippen LogP contribution in [0.4, 0.5) is 0 Å². The lowest BCUT2D eigenvalue weighted by atomic mass is 9.82. The second-order valence-electron chi connectivity index (χ2n) is 4.92. The minimum atomic E-state index is -0.583. The summed E-state index contributed by atoms with van der Waals surface area (Å²) < 4.78 is 5.07. The number of phenols is 2. The molecule has 6 nitrogen and oxygen atoms in total. The first-order valence-corrected chi connectivity index (χ1v) is 6.45. The molecule has 2 aromatic carbocycles. The first-order chi connectivity index (χ1) is 10.5. The minimum Gasteiger partial charge on any atom is -0.508 e. The van der Waals surface area contributed by atoms with E-state index in [1.807, 2.05) is 0 Å². The van der Waals surface area contributed by atoms with Crippen LogP contribution in [-0.4, -0.2) is 34.0 Å². The van der Waals surface area contributed by atoms with Gasteiger partial charge in [-0.2, -0.15) is 0 Å². The molecular weight excluding hydrogens is 288 g/mol. The van der Waals surface area contributed by atoms with E-state index in [0.29, 0.717) is 5.56 Å². The van der Waals surface area contributed by atoms with Crippen molar-refractivity contribution in [2.45, 2.75) is 6.61 Å². The molecular formula is C16H12O6. The largest absolute Gasteiger partial charge is 0.508 e. The molecule has 0 saturated heterocycles. The first kappa shape index (κ1) is 14.1. The van der Waals surface area contributed by atoms with E-state index >= 15 is 0 Å². The Hall–Kier alpha value is -2.86. The molecule has 0 spiro atoms. The first-order valence-electron chi connectivity index (χ1n) is 6.45. The van der Waals surface area contributed by atoms with Crippen LogP contribution in [0.2, 0.25) is 0 Å². The van der Waals surface area contributed by atoms with Crippen molar-refractivity contribution >= 4 is 11.6 Å². The molecule has 0 bridgehead atoms. The highest BCUT2D eigenvalue weighted by molar-refractivity contribution is 6.30. The van der Waals surface area contributed by atoms with Crippen molar-refractivity contribution in [2.75, 3.05) is 7.11 Å². The number of aliphatic hydroxyl groups excluding tert-OH is 1. The SMILES string of the molecule is COc1cc(O)cc2c1C(=O)c1cc(CO)cc(O)c1C2=O. The van der Waals surface area contributed by atoms with Crippen LogP contribution in [0.3, 0.4) is 0 Å². The summed E-state index contributed by atoms with van der Waals surface area (Å²) in [5.74, 6) is -1.61. The number of ketones is 2. The van der Waals surface area contributed by atoms with Crippen LogP contribution in [0.1, 0.15) is 37.4 Å². The molecule has 22 heavy (non-hydrogen) atoms. The number of benzene rings is 2. The summed E-state index contributed by atoms with van der Waals surface area (Å²) in [5, 5.41) is 28.8. The number of aliphatic hydroxyl groups is 1. The van der Waals surface area contributed by atoms with Gasteiger partial charge in [0.2, 0.25) is 0 Å². The van der Waals surface area contributed by atoms with Crippen LogP contribution in [0.25, 0.3) is 0 Å². The van der Waals surface area contributed by atoms with Gasteiger partial charge in [-0.25, -0.2) is 0 Å². The minimum absolute atomic E-state index is 0.00513. The molecule has 6 heteroatoms. The van der Waals surface area contributed by atoms with Crippen LogP contribution >= 0.6 is 0 Å². The summed E-state index contributed by atoms with van der Waals surface area (Å²) in [4.78, 5) is 25.2. The lowest BCUT2D eigenvalue weighted by Crippen LogP contribution is -2.22. The Balaban J connectivity index is 2.35. The van der Waals surface area contributed by atoms with Gasteiger partial charge in [-0.1, -0.05) is 0 Å². The Morgan fingerprint density at radius 1 is 0.955 bits per heavy atom. The molecule has 3 N–H and O–H groups in total.